The molecule has 0 amide bonds. The normalized spacial score (nSPS) is 15.8. The maximum absolute atomic E-state index is 12.7. The van der Waals surface area contributed by atoms with Crippen molar-refractivity contribution in [2.45, 2.75) is 0 Å². The van der Waals surface area contributed by atoms with Crippen molar-refractivity contribution in [2.24, 2.45) is 0 Å². The minimum absolute atomic E-state index is 0.103. The lowest BCUT2D eigenvalue weighted by molar-refractivity contribution is 0.122. The van der Waals surface area contributed by atoms with Crippen molar-refractivity contribution in [3.63, 3.8) is 0 Å². The summed E-state index contributed by atoms with van der Waals surface area (Å²) in [5.41, 5.74) is 6.49. The lowest BCUT2D eigenvalue weighted by Gasteiger charge is -2.28. The van der Waals surface area contributed by atoms with Crippen LogP contribution in [-0.2, 0) is 4.74 Å². The van der Waals surface area contributed by atoms with Gasteiger partial charge in [-0.3, -0.25) is 9.59 Å². The number of morpholine rings is 1. The van der Waals surface area contributed by atoms with Gasteiger partial charge in [-0.05, 0) is 11.6 Å². The van der Waals surface area contributed by atoms with E-state index >= 15 is 0 Å². The van der Waals surface area contributed by atoms with Gasteiger partial charge in [0.1, 0.15) is 16.9 Å². The predicted molar refractivity (Wildman–Crippen MR) is 94.8 cm³/mol. The summed E-state index contributed by atoms with van der Waals surface area (Å²) in [6, 6.07) is 9.42. The fourth-order valence-electron chi connectivity index (χ4n) is 3.01. The molecule has 2 aromatic heterocycles. The van der Waals surface area contributed by atoms with Crippen molar-refractivity contribution in [3.05, 3.63) is 62.0 Å². The van der Waals surface area contributed by atoms with E-state index in [2.05, 4.69) is 9.97 Å². The lowest BCUT2D eigenvalue weighted by Crippen LogP contribution is -2.40. The third kappa shape index (κ3) is 2.66. The largest absolute Gasteiger partial charge is 0.383 e. The van der Waals surface area contributed by atoms with Gasteiger partial charge in [-0.15, -0.1) is 0 Å². The van der Waals surface area contributed by atoms with Gasteiger partial charge in [0.25, 0.3) is 11.1 Å². The summed E-state index contributed by atoms with van der Waals surface area (Å²) in [6.07, 6.45) is 1.70. The van der Waals surface area contributed by atoms with Crippen molar-refractivity contribution in [1.29, 1.82) is 0 Å². The topological polar surface area (TPSA) is 106 Å². The standard InChI is InChI=1S/C17H17N5O3/c18-14-13(21-6-8-25-9-7-21)15(23)20-17-19-12(16(24)22(14)17)10-11-4-2-1-3-5-11/h1-5,10H,6-9,18H2,(H,19,20,23)/b12-10+. The Balaban J connectivity index is 1.93. The zero-order chi connectivity index (χ0) is 17.4. The van der Waals surface area contributed by atoms with Crippen molar-refractivity contribution < 1.29 is 4.74 Å². The first kappa shape index (κ1) is 15.4. The number of H-pyrrole nitrogens is 1. The van der Waals surface area contributed by atoms with E-state index in [1.54, 1.807) is 6.08 Å². The number of nitrogens with zero attached hydrogens (tertiary/aromatic N) is 3. The maximum atomic E-state index is 12.7. The molecule has 25 heavy (non-hydrogen) atoms. The van der Waals surface area contributed by atoms with Crippen LogP contribution in [0.3, 0.4) is 0 Å². The molecule has 1 aromatic carbocycles. The summed E-state index contributed by atoms with van der Waals surface area (Å²) in [7, 11) is 0. The van der Waals surface area contributed by atoms with E-state index in [0.29, 0.717) is 31.7 Å². The number of fused-ring (bicyclic) bond motifs is 1. The number of hydrogen-bond acceptors (Lipinski definition) is 6. The molecule has 0 spiro atoms. The Morgan fingerprint density at radius 2 is 1.88 bits per heavy atom. The van der Waals surface area contributed by atoms with Crippen LogP contribution in [0.1, 0.15) is 5.56 Å². The van der Waals surface area contributed by atoms with Crippen LogP contribution < -0.4 is 27.1 Å². The van der Waals surface area contributed by atoms with E-state index in [0.717, 1.165) is 5.56 Å². The molecule has 0 saturated carbocycles. The highest BCUT2D eigenvalue weighted by atomic mass is 16.5. The van der Waals surface area contributed by atoms with Crippen LogP contribution in [0.15, 0.2) is 39.9 Å². The Labute approximate surface area is 142 Å². The third-order valence-electron chi connectivity index (χ3n) is 4.22. The Hall–Kier alpha value is -3.13. The smallest absolute Gasteiger partial charge is 0.300 e. The molecule has 1 fully saturated rings. The van der Waals surface area contributed by atoms with Gasteiger partial charge in [-0.25, -0.2) is 4.40 Å². The molecule has 128 valence electrons. The van der Waals surface area contributed by atoms with E-state index in [9.17, 15) is 9.59 Å². The average molecular weight is 339 g/mol. The van der Waals surface area contributed by atoms with Crippen LogP contribution >= 0.6 is 0 Å². The maximum Gasteiger partial charge on any atom is 0.300 e. The minimum Gasteiger partial charge on any atom is -0.383 e. The highest BCUT2D eigenvalue weighted by Gasteiger charge is 2.21. The first-order chi connectivity index (χ1) is 12.1. The number of aromatic amines is 1. The van der Waals surface area contributed by atoms with E-state index < -0.39 is 5.56 Å². The SMILES string of the molecule is Nc1c(N2CCOCC2)c(=O)nc2[nH]/c(=C/c3ccccc3)c(=O)n12. The van der Waals surface area contributed by atoms with Gasteiger partial charge in [-0.1, -0.05) is 30.3 Å². The van der Waals surface area contributed by atoms with Crippen molar-refractivity contribution in [1.82, 2.24) is 14.4 Å². The van der Waals surface area contributed by atoms with E-state index in [4.69, 9.17) is 10.5 Å². The number of nitrogens with one attached hydrogen (secondary N) is 1. The van der Waals surface area contributed by atoms with Gasteiger partial charge >= 0.3 is 0 Å². The zero-order valence-electron chi connectivity index (χ0n) is 13.4. The molecule has 0 atom stereocenters. The average Bonchev–Trinajstić information content (AvgIpc) is 2.92. The van der Waals surface area contributed by atoms with E-state index in [1.807, 2.05) is 35.2 Å². The second-order valence-corrected chi connectivity index (χ2v) is 5.81. The Bertz CT molecular complexity index is 1080. The number of hydrogen-bond donors (Lipinski definition) is 2. The van der Waals surface area contributed by atoms with Crippen LogP contribution in [0.4, 0.5) is 11.5 Å². The second kappa shape index (κ2) is 6.06. The fourth-order valence-corrected chi connectivity index (χ4v) is 3.01. The number of rotatable bonds is 2. The van der Waals surface area contributed by atoms with Crippen molar-refractivity contribution in [2.75, 3.05) is 36.9 Å². The summed E-state index contributed by atoms with van der Waals surface area (Å²) in [4.78, 5) is 33.9. The molecule has 3 N–H and O–H groups in total. The van der Waals surface area contributed by atoms with Gasteiger partial charge < -0.3 is 20.4 Å². The molecular weight excluding hydrogens is 322 g/mol. The van der Waals surface area contributed by atoms with Crippen molar-refractivity contribution >= 4 is 23.4 Å². The van der Waals surface area contributed by atoms with E-state index in [1.165, 1.54) is 4.40 Å². The lowest BCUT2D eigenvalue weighted by atomic mass is 10.2. The second-order valence-electron chi connectivity index (χ2n) is 5.81. The Morgan fingerprint density at radius 1 is 1.16 bits per heavy atom. The molecule has 8 nitrogen and oxygen atoms in total. The van der Waals surface area contributed by atoms with Gasteiger partial charge in [-0.2, -0.15) is 4.98 Å². The molecule has 4 rings (SSSR count). The minimum atomic E-state index is -0.452. The summed E-state index contributed by atoms with van der Waals surface area (Å²) in [5, 5.41) is 0.323. The number of nitrogens with two attached hydrogens (primary N) is 1. The predicted octanol–water partition coefficient (Wildman–Crippen LogP) is -0.651. The summed E-state index contributed by atoms with van der Waals surface area (Å²) >= 11 is 0. The first-order valence-electron chi connectivity index (χ1n) is 7.99. The van der Waals surface area contributed by atoms with Crippen LogP contribution in [0.5, 0.6) is 0 Å². The van der Waals surface area contributed by atoms with Gasteiger partial charge in [0.2, 0.25) is 5.78 Å². The van der Waals surface area contributed by atoms with E-state index in [-0.39, 0.29) is 22.8 Å². The quantitative estimate of drug-likeness (QED) is 0.643. The number of anilines is 2. The van der Waals surface area contributed by atoms with Crippen LogP contribution in [0.2, 0.25) is 0 Å². The number of benzene rings is 1. The van der Waals surface area contributed by atoms with Gasteiger partial charge in [0.15, 0.2) is 0 Å². The van der Waals surface area contributed by atoms with Gasteiger partial charge in [0.05, 0.1) is 13.2 Å². The van der Waals surface area contributed by atoms with Crippen LogP contribution in [-0.4, -0.2) is 40.7 Å². The van der Waals surface area contributed by atoms with Crippen molar-refractivity contribution in [3.8, 4) is 0 Å². The molecule has 3 heterocycles. The number of aromatic nitrogens is 3. The van der Waals surface area contributed by atoms with Crippen LogP contribution in [0.25, 0.3) is 11.9 Å². The summed E-state index contributed by atoms with van der Waals surface area (Å²) < 4.78 is 6.55. The molecule has 1 saturated heterocycles. The Morgan fingerprint density at radius 3 is 2.60 bits per heavy atom. The molecule has 1 aliphatic rings. The molecular formula is C17H17N5O3. The molecule has 3 aromatic rings. The number of ether oxygens (including phenoxy) is 1. The Kier molecular flexibility index (Phi) is 3.73. The number of imidazole rings is 1. The molecule has 0 unspecified atom stereocenters. The first-order valence-corrected chi connectivity index (χ1v) is 7.99. The third-order valence-corrected chi connectivity index (χ3v) is 4.22. The summed E-state index contributed by atoms with van der Waals surface area (Å²) in [6.45, 7) is 2.08. The highest BCUT2D eigenvalue weighted by Crippen LogP contribution is 2.18. The highest BCUT2D eigenvalue weighted by molar-refractivity contribution is 5.66. The molecule has 0 bridgehead atoms. The molecule has 1 aliphatic heterocycles. The van der Waals surface area contributed by atoms with Crippen LogP contribution in [0, 0.1) is 0 Å². The fraction of sp³-hybridized carbons (Fsp3) is 0.235. The zero-order valence-corrected chi connectivity index (χ0v) is 13.4. The summed E-state index contributed by atoms with van der Waals surface area (Å²) in [5.74, 6) is 0.248. The molecule has 8 heteroatoms. The molecule has 0 aliphatic carbocycles. The van der Waals surface area contributed by atoms with Gasteiger partial charge in [0, 0.05) is 13.1 Å². The monoisotopic (exact) mass is 339 g/mol. The molecule has 0 radical (unpaired) electrons. The number of nitrogen functional groups attached to an aromatic ring is 1.